The van der Waals surface area contributed by atoms with E-state index in [-0.39, 0.29) is 23.0 Å². The van der Waals surface area contributed by atoms with Gasteiger partial charge in [-0.1, -0.05) is 6.92 Å². The van der Waals surface area contributed by atoms with Crippen LogP contribution in [0.1, 0.15) is 20.3 Å². The van der Waals surface area contributed by atoms with E-state index in [4.69, 9.17) is 11.6 Å². The lowest BCUT2D eigenvalue weighted by Crippen LogP contribution is -2.26. The molecule has 1 aromatic rings. The highest BCUT2D eigenvalue weighted by Gasteiger charge is 2.12. The van der Waals surface area contributed by atoms with Crippen molar-refractivity contribution in [1.29, 1.82) is 0 Å². The van der Waals surface area contributed by atoms with Crippen LogP contribution in [0.3, 0.4) is 0 Å². The summed E-state index contributed by atoms with van der Waals surface area (Å²) in [4.78, 5) is 12.0. The molecule has 0 amide bonds. The Balaban J connectivity index is 2.74. The van der Waals surface area contributed by atoms with Gasteiger partial charge in [-0.3, -0.25) is 0 Å². The number of hydrogen-bond acceptors (Lipinski definition) is 7. The zero-order valence-electron chi connectivity index (χ0n) is 11.1. The molecule has 0 spiro atoms. The van der Waals surface area contributed by atoms with Crippen molar-refractivity contribution >= 4 is 33.3 Å². The lowest BCUT2D eigenvalue weighted by Gasteiger charge is -2.13. The Morgan fingerprint density at radius 3 is 2.47 bits per heavy atom. The predicted molar refractivity (Wildman–Crippen MR) is 76.4 cm³/mol. The summed E-state index contributed by atoms with van der Waals surface area (Å²) in [7, 11) is -3.06. The minimum atomic E-state index is -3.06. The Hall–Kier alpha value is -1.15. The molecule has 0 saturated carbocycles. The second kappa shape index (κ2) is 6.85. The second-order valence-corrected chi connectivity index (χ2v) is 6.84. The molecule has 0 saturated heterocycles. The Morgan fingerprint density at radius 2 is 1.89 bits per heavy atom. The van der Waals surface area contributed by atoms with E-state index < -0.39 is 9.84 Å². The molecule has 1 rings (SSSR count). The number of hydrogen-bond donors (Lipinski definition) is 2. The third kappa shape index (κ3) is 6.53. The van der Waals surface area contributed by atoms with Crippen LogP contribution in [-0.2, 0) is 9.84 Å². The molecule has 0 aromatic carbocycles. The Labute approximate surface area is 118 Å². The first-order valence-electron chi connectivity index (χ1n) is 5.90. The van der Waals surface area contributed by atoms with E-state index in [0.717, 1.165) is 13.0 Å². The van der Waals surface area contributed by atoms with Crippen molar-refractivity contribution in [3.05, 3.63) is 5.28 Å². The van der Waals surface area contributed by atoms with Gasteiger partial charge in [0.1, 0.15) is 9.84 Å². The molecule has 0 aliphatic heterocycles. The van der Waals surface area contributed by atoms with Gasteiger partial charge in [0.2, 0.25) is 17.2 Å². The molecule has 2 N–H and O–H groups in total. The first-order chi connectivity index (χ1) is 8.80. The third-order valence-electron chi connectivity index (χ3n) is 2.07. The maximum absolute atomic E-state index is 11.2. The van der Waals surface area contributed by atoms with Crippen LogP contribution >= 0.6 is 11.6 Å². The first-order valence-corrected chi connectivity index (χ1v) is 8.33. The van der Waals surface area contributed by atoms with Crippen molar-refractivity contribution < 1.29 is 8.42 Å². The number of nitrogens with one attached hydrogen (secondary N) is 2. The average molecular weight is 308 g/mol. The van der Waals surface area contributed by atoms with Gasteiger partial charge in [0.15, 0.2) is 0 Å². The number of sulfone groups is 1. The fourth-order valence-electron chi connectivity index (χ4n) is 1.45. The number of anilines is 2. The number of halogens is 1. The van der Waals surface area contributed by atoms with Crippen LogP contribution in [0.15, 0.2) is 0 Å². The van der Waals surface area contributed by atoms with E-state index in [1.807, 2.05) is 6.92 Å². The standard InChI is InChI=1S/C10H18ClN5O2S/c1-4-5-12-9-14-8(11)15-10(16-9)13-7(2)6-19(3,17)18/h7H,4-6H2,1-3H3,(H2,12,13,14,15,16). The number of nitrogens with zero attached hydrogens (tertiary/aromatic N) is 3. The molecule has 1 atom stereocenters. The topological polar surface area (TPSA) is 96.9 Å². The molecule has 0 fully saturated rings. The lowest BCUT2D eigenvalue weighted by atomic mass is 10.4. The summed E-state index contributed by atoms with van der Waals surface area (Å²) in [6.45, 7) is 4.47. The molecule has 0 aliphatic rings. The quantitative estimate of drug-likeness (QED) is 0.781. The molecular weight excluding hydrogens is 290 g/mol. The second-order valence-electron chi connectivity index (χ2n) is 4.32. The molecule has 0 bridgehead atoms. The molecule has 19 heavy (non-hydrogen) atoms. The minimum absolute atomic E-state index is 0.00593. The van der Waals surface area contributed by atoms with Crippen molar-refractivity contribution in [1.82, 2.24) is 15.0 Å². The number of rotatable bonds is 7. The van der Waals surface area contributed by atoms with Gasteiger partial charge in [-0.2, -0.15) is 15.0 Å². The third-order valence-corrected chi connectivity index (χ3v) is 3.34. The molecule has 0 aliphatic carbocycles. The van der Waals surface area contributed by atoms with Gasteiger partial charge in [-0.25, -0.2) is 8.42 Å². The highest BCUT2D eigenvalue weighted by atomic mass is 35.5. The smallest absolute Gasteiger partial charge is 0.229 e. The maximum atomic E-state index is 11.2. The van der Waals surface area contributed by atoms with Crippen LogP contribution in [0.4, 0.5) is 11.9 Å². The van der Waals surface area contributed by atoms with E-state index in [9.17, 15) is 8.42 Å². The first kappa shape index (κ1) is 15.9. The van der Waals surface area contributed by atoms with Gasteiger partial charge in [0, 0.05) is 18.8 Å². The SMILES string of the molecule is CCCNc1nc(Cl)nc(NC(C)CS(C)(=O)=O)n1. The summed E-state index contributed by atoms with van der Waals surface area (Å²) in [5.74, 6) is 0.624. The predicted octanol–water partition coefficient (Wildman–Crippen LogP) is 1.19. The van der Waals surface area contributed by atoms with E-state index in [2.05, 4.69) is 25.6 Å². The van der Waals surface area contributed by atoms with Gasteiger partial charge in [-0.15, -0.1) is 0 Å². The maximum Gasteiger partial charge on any atom is 0.229 e. The van der Waals surface area contributed by atoms with Crippen molar-refractivity contribution in [2.45, 2.75) is 26.3 Å². The van der Waals surface area contributed by atoms with Crippen LogP contribution in [0.2, 0.25) is 5.28 Å². The fourth-order valence-corrected chi connectivity index (χ4v) is 2.60. The van der Waals surface area contributed by atoms with Crippen molar-refractivity contribution in [3.63, 3.8) is 0 Å². The van der Waals surface area contributed by atoms with Crippen molar-refractivity contribution in [2.24, 2.45) is 0 Å². The molecule has 1 heterocycles. The zero-order valence-corrected chi connectivity index (χ0v) is 12.7. The normalized spacial score (nSPS) is 13.1. The van der Waals surface area contributed by atoms with Gasteiger partial charge in [0.25, 0.3) is 0 Å². The highest BCUT2D eigenvalue weighted by Crippen LogP contribution is 2.10. The van der Waals surface area contributed by atoms with Crippen LogP contribution in [0.25, 0.3) is 0 Å². The summed E-state index contributed by atoms with van der Waals surface area (Å²) in [5.41, 5.74) is 0. The van der Waals surface area contributed by atoms with Gasteiger partial charge in [-0.05, 0) is 24.9 Å². The molecule has 1 aromatic heterocycles. The summed E-state index contributed by atoms with van der Waals surface area (Å²) in [6, 6.07) is -0.313. The average Bonchev–Trinajstić information content (AvgIpc) is 2.22. The van der Waals surface area contributed by atoms with Gasteiger partial charge in [0.05, 0.1) is 5.75 Å². The molecule has 9 heteroatoms. The molecular formula is C10H18ClN5O2S. The highest BCUT2D eigenvalue weighted by molar-refractivity contribution is 7.90. The lowest BCUT2D eigenvalue weighted by molar-refractivity contribution is 0.597. The van der Waals surface area contributed by atoms with Crippen LogP contribution in [0.5, 0.6) is 0 Å². The van der Waals surface area contributed by atoms with E-state index >= 15 is 0 Å². The molecule has 1 unspecified atom stereocenters. The van der Waals surface area contributed by atoms with Gasteiger partial charge >= 0.3 is 0 Å². The van der Waals surface area contributed by atoms with Crippen molar-refractivity contribution in [3.8, 4) is 0 Å². The van der Waals surface area contributed by atoms with E-state index in [0.29, 0.717) is 5.95 Å². The molecule has 108 valence electrons. The summed E-state index contributed by atoms with van der Waals surface area (Å²) in [5, 5.41) is 5.94. The van der Waals surface area contributed by atoms with Crippen molar-refractivity contribution in [2.75, 3.05) is 29.2 Å². The Kier molecular flexibility index (Phi) is 5.74. The zero-order chi connectivity index (χ0) is 14.5. The van der Waals surface area contributed by atoms with Crippen LogP contribution in [0, 0.1) is 0 Å². The number of aromatic nitrogens is 3. The molecule has 7 nitrogen and oxygen atoms in total. The Bertz CT molecular complexity index is 523. The molecule has 0 radical (unpaired) electrons. The summed E-state index contributed by atoms with van der Waals surface area (Å²) >= 11 is 5.79. The largest absolute Gasteiger partial charge is 0.354 e. The summed E-state index contributed by atoms with van der Waals surface area (Å²) in [6.07, 6.45) is 2.11. The monoisotopic (exact) mass is 307 g/mol. The van der Waals surface area contributed by atoms with Gasteiger partial charge < -0.3 is 10.6 Å². The van der Waals surface area contributed by atoms with Crippen LogP contribution < -0.4 is 10.6 Å². The van der Waals surface area contributed by atoms with E-state index in [1.54, 1.807) is 6.92 Å². The van der Waals surface area contributed by atoms with E-state index in [1.165, 1.54) is 6.26 Å². The summed E-state index contributed by atoms with van der Waals surface area (Å²) < 4.78 is 22.4. The minimum Gasteiger partial charge on any atom is -0.354 e. The fraction of sp³-hybridized carbons (Fsp3) is 0.700. The Morgan fingerprint density at radius 1 is 1.26 bits per heavy atom. The van der Waals surface area contributed by atoms with Crippen LogP contribution in [-0.4, -0.2) is 48.0 Å².